The van der Waals surface area contributed by atoms with Gasteiger partial charge in [0.05, 0.1) is 15.8 Å². The van der Waals surface area contributed by atoms with Crippen LogP contribution >= 0.6 is 23.2 Å². The van der Waals surface area contributed by atoms with Crippen molar-refractivity contribution < 1.29 is 18.0 Å². The number of hydrogen-bond donors (Lipinski definition) is 0. The molecule has 0 N–H and O–H groups in total. The first-order valence-electron chi connectivity index (χ1n) is 9.21. The fraction of sp³-hybridized carbons (Fsp3) is 0.579. The molecule has 0 unspecified atom stereocenters. The van der Waals surface area contributed by atoms with E-state index in [2.05, 4.69) is 0 Å². The molecule has 1 saturated heterocycles. The van der Waals surface area contributed by atoms with Crippen molar-refractivity contribution in [2.75, 3.05) is 24.6 Å². The van der Waals surface area contributed by atoms with Gasteiger partial charge in [-0.05, 0) is 37.5 Å². The van der Waals surface area contributed by atoms with Crippen LogP contribution in [0.15, 0.2) is 18.2 Å². The van der Waals surface area contributed by atoms with E-state index >= 15 is 0 Å². The second-order valence-corrected chi connectivity index (χ2v) is 9.95. The van der Waals surface area contributed by atoms with Gasteiger partial charge in [-0.15, -0.1) is 0 Å². The lowest BCUT2D eigenvalue weighted by molar-refractivity contribution is -0.129. The van der Waals surface area contributed by atoms with Crippen molar-refractivity contribution in [3.8, 4) is 0 Å². The molecule has 0 aromatic heterocycles. The number of nitrogens with zero attached hydrogens (tertiary/aromatic N) is 1. The number of unbranched alkanes of at least 4 members (excludes halogenated alkanes) is 2. The van der Waals surface area contributed by atoms with Crippen LogP contribution in [0.1, 0.15) is 49.4 Å². The minimum absolute atomic E-state index is 0.0205. The fourth-order valence-corrected chi connectivity index (χ4v) is 4.84. The highest BCUT2D eigenvalue weighted by Gasteiger charge is 2.29. The molecule has 1 aromatic carbocycles. The lowest BCUT2D eigenvalue weighted by atomic mass is 9.89. The largest absolute Gasteiger partial charge is 0.342 e. The van der Waals surface area contributed by atoms with Gasteiger partial charge in [-0.1, -0.05) is 43.0 Å². The van der Waals surface area contributed by atoms with Crippen LogP contribution in [-0.2, 0) is 14.6 Å². The molecule has 0 spiro atoms. The molecule has 27 heavy (non-hydrogen) atoms. The maximum absolute atomic E-state index is 12.6. The summed E-state index contributed by atoms with van der Waals surface area (Å²) in [6.45, 7) is 2.78. The van der Waals surface area contributed by atoms with Crippen molar-refractivity contribution in [3.63, 3.8) is 0 Å². The molecule has 0 bridgehead atoms. The van der Waals surface area contributed by atoms with E-state index in [4.69, 9.17) is 23.2 Å². The molecule has 1 aliphatic heterocycles. The smallest absolute Gasteiger partial charge is 0.237 e. The van der Waals surface area contributed by atoms with Crippen LogP contribution in [0.25, 0.3) is 0 Å². The Labute approximate surface area is 170 Å². The van der Waals surface area contributed by atoms with E-state index in [0.29, 0.717) is 48.0 Å². The van der Waals surface area contributed by atoms with Gasteiger partial charge < -0.3 is 4.90 Å². The van der Waals surface area contributed by atoms with Gasteiger partial charge in [0.1, 0.15) is 5.75 Å². The van der Waals surface area contributed by atoms with Gasteiger partial charge >= 0.3 is 0 Å². The Balaban J connectivity index is 1.87. The van der Waals surface area contributed by atoms with Gasteiger partial charge in [0, 0.05) is 24.6 Å². The molecule has 150 valence electrons. The molecule has 0 saturated carbocycles. The van der Waals surface area contributed by atoms with Crippen molar-refractivity contribution in [2.24, 2.45) is 5.92 Å². The van der Waals surface area contributed by atoms with Crippen LogP contribution in [0.2, 0.25) is 10.0 Å². The molecular weight excluding hydrogens is 409 g/mol. The van der Waals surface area contributed by atoms with Gasteiger partial charge in [-0.2, -0.15) is 0 Å². The average molecular weight is 434 g/mol. The van der Waals surface area contributed by atoms with Crippen LogP contribution in [0.3, 0.4) is 0 Å². The maximum atomic E-state index is 12.6. The number of benzene rings is 1. The number of rotatable bonds is 8. The van der Waals surface area contributed by atoms with Crippen LogP contribution in [0, 0.1) is 5.92 Å². The number of piperidine rings is 1. The van der Waals surface area contributed by atoms with Crippen molar-refractivity contribution in [2.45, 2.75) is 39.0 Å². The summed E-state index contributed by atoms with van der Waals surface area (Å²) in [5.41, 5.74) is 0.507. The Morgan fingerprint density at radius 1 is 1.11 bits per heavy atom. The molecule has 1 amide bonds. The van der Waals surface area contributed by atoms with E-state index in [1.54, 1.807) is 23.1 Å². The highest BCUT2D eigenvalue weighted by Crippen LogP contribution is 2.27. The number of likely N-dealkylation sites (tertiary alicyclic amines) is 1. The van der Waals surface area contributed by atoms with Crippen LogP contribution in [0.5, 0.6) is 0 Å². The lowest BCUT2D eigenvalue weighted by Gasteiger charge is -2.31. The lowest BCUT2D eigenvalue weighted by Crippen LogP contribution is -2.43. The minimum atomic E-state index is -3.37. The summed E-state index contributed by atoms with van der Waals surface area (Å²) in [6.07, 6.45) is 3.40. The predicted octanol–water partition coefficient (Wildman–Crippen LogP) is 4.02. The Hall–Kier alpha value is -1.11. The summed E-state index contributed by atoms with van der Waals surface area (Å²) in [4.78, 5) is 26.5. The summed E-state index contributed by atoms with van der Waals surface area (Å²) in [5, 5.41) is 0.734. The first kappa shape index (κ1) is 22.2. The Morgan fingerprint density at radius 2 is 1.78 bits per heavy atom. The average Bonchev–Trinajstić information content (AvgIpc) is 2.63. The number of ketones is 1. The molecule has 1 aliphatic rings. The van der Waals surface area contributed by atoms with Gasteiger partial charge in [0.2, 0.25) is 5.91 Å². The summed E-state index contributed by atoms with van der Waals surface area (Å²) in [7, 11) is -3.37. The zero-order valence-corrected chi connectivity index (χ0v) is 17.7. The van der Waals surface area contributed by atoms with Gasteiger partial charge in [0.25, 0.3) is 0 Å². The maximum Gasteiger partial charge on any atom is 0.237 e. The molecule has 2 rings (SSSR count). The van der Waals surface area contributed by atoms with E-state index in [9.17, 15) is 18.0 Å². The molecule has 5 nitrogen and oxygen atoms in total. The minimum Gasteiger partial charge on any atom is -0.342 e. The van der Waals surface area contributed by atoms with Gasteiger partial charge in [-0.25, -0.2) is 8.42 Å². The number of sulfone groups is 1. The highest BCUT2D eigenvalue weighted by atomic mass is 35.5. The zero-order valence-electron chi connectivity index (χ0n) is 15.4. The third kappa shape index (κ3) is 6.47. The topological polar surface area (TPSA) is 71.5 Å². The van der Waals surface area contributed by atoms with Crippen molar-refractivity contribution in [3.05, 3.63) is 33.8 Å². The normalized spacial score (nSPS) is 15.7. The molecule has 1 fully saturated rings. The quantitative estimate of drug-likeness (QED) is 0.458. The van der Waals surface area contributed by atoms with Gasteiger partial charge in [-0.3, -0.25) is 9.59 Å². The standard InChI is InChI=1S/C19H25Cl2NO4S/c1-2-3-4-11-27(25,26)13-18(23)22-9-7-14(8-10-22)19(24)15-5-6-16(20)17(21)12-15/h5-6,12,14H,2-4,7-11,13H2,1H3. The van der Waals surface area contributed by atoms with Crippen LogP contribution < -0.4 is 0 Å². The van der Waals surface area contributed by atoms with E-state index < -0.39 is 15.6 Å². The van der Waals surface area contributed by atoms with E-state index in [0.717, 1.165) is 12.8 Å². The third-order valence-corrected chi connectivity index (χ3v) is 7.16. The number of hydrogen-bond acceptors (Lipinski definition) is 4. The number of carbonyl (C=O) groups is 2. The highest BCUT2D eigenvalue weighted by molar-refractivity contribution is 7.92. The van der Waals surface area contributed by atoms with Crippen molar-refractivity contribution in [1.29, 1.82) is 0 Å². The zero-order chi connectivity index (χ0) is 20.0. The van der Waals surface area contributed by atoms with E-state index in [-0.39, 0.29) is 23.4 Å². The monoisotopic (exact) mass is 433 g/mol. The molecule has 0 radical (unpaired) electrons. The Kier molecular flexibility index (Phi) is 8.13. The summed E-state index contributed by atoms with van der Waals surface area (Å²) >= 11 is 11.9. The molecule has 1 aromatic rings. The SMILES string of the molecule is CCCCCS(=O)(=O)CC(=O)N1CCC(C(=O)c2ccc(Cl)c(Cl)c2)CC1. The van der Waals surface area contributed by atoms with E-state index in [1.807, 2.05) is 6.92 Å². The Bertz CT molecular complexity index is 787. The molecule has 1 heterocycles. The Morgan fingerprint density at radius 3 is 2.37 bits per heavy atom. The van der Waals surface area contributed by atoms with Crippen molar-refractivity contribution in [1.82, 2.24) is 4.90 Å². The second-order valence-electron chi connectivity index (χ2n) is 6.95. The summed E-state index contributed by atoms with van der Waals surface area (Å²) in [5.74, 6) is -0.978. The number of amides is 1. The predicted molar refractivity (Wildman–Crippen MR) is 108 cm³/mol. The number of carbonyl (C=O) groups excluding carboxylic acids is 2. The number of halogens is 2. The van der Waals surface area contributed by atoms with Gasteiger partial charge in [0.15, 0.2) is 15.6 Å². The summed E-state index contributed by atoms with van der Waals surface area (Å²) in [6, 6.07) is 4.81. The van der Waals surface area contributed by atoms with Crippen LogP contribution in [0.4, 0.5) is 0 Å². The van der Waals surface area contributed by atoms with Crippen molar-refractivity contribution >= 4 is 44.7 Å². The fourth-order valence-electron chi connectivity index (χ4n) is 3.20. The first-order chi connectivity index (χ1) is 12.7. The molecule has 8 heteroatoms. The first-order valence-corrected chi connectivity index (χ1v) is 11.8. The second kappa shape index (κ2) is 9.89. The van der Waals surface area contributed by atoms with Crippen LogP contribution in [-0.4, -0.2) is 49.6 Å². The third-order valence-electron chi connectivity index (χ3n) is 4.82. The molecular formula is C19H25Cl2NO4S. The number of Topliss-reactive ketones (excluding diaryl/α,β-unsaturated/α-hetero) is 1. The molecule has 0 atom stereocenters. The summed E-state index contributed by atoms with van der Waals surface area (Å²) < 4.78 is 24.1. The van der Waals surface area contributed by atoms with E-state index in [1.165, 1.54) is 0 Å². The molecule has 0 aliphatic carbocycles.